The van der Waals surface area contributed by atoms with Crippen molar-refractivity contribution in [3.05, 3.63) is 65.9 Å². The lowest BCUT2D eigenvalue weighted by Gasteiger charge is -2.13. The number of nitrogens with one attached hydrogen (secondary N) is 1. The van der Waals surface area contributed by atoms with Crippen LogP contribution in [0.3, 0.4) is 0 Å². The summed E-state index contributed by atoms with van der Waals surface area (Å²) in [5.41, 5.74) is 5.37. The van der Waals surface area contributed by atoms with Gasteiger partial charge in [0.1, 0.15) is 5.75 Å². The highest BCUT2D eigenvalue weighted by Gasteiger charge is 2.28. The maximum absolute atomic E-state index is 12.8. The number of rotatable bonds is 6. The highest BCUT2D eigenvalue weighted by Crippen LogP contribution is 2.45. The Bertz CT molecular complexity index is 1310. The van der Waals surface area contributed by atoms with Gasteiger partial charge in [0.2, 0.25) is 0 Å². The van der Waals surface area contributed by atoms with E-state index in [0.29, 0.717) is 34.6 Å². The molecule has 1 aliphatic carbocycles. The van der Waals surface area contributed by atoms with Gasteiger partial charge in [-0.3, -0.25) is 10.1 Å². The molecule has 2 heterocycles. The van der Waals surface area contributed by atoms with E-state index in [1.165, 1.54) is 12.1 Å². The lowest BCUT2D eigenvalue weighted by atomic mass is 10.1. The zero-order chi connectivity index (χ0) is 23.1. The number of hydrogen-bond acceptors (Lipinski definition) is 5. The topological polar surface area (TPSA) is 80.3 Å². The molecule has 1 aliphatic rings. The van der Waals surface area contributed by atoms with Crippen LogP contribution in [0.25, 0.3) is 33.8 Å². The molecule has 0 atom stereocenters. The van der Waals surface area contributed by atoms with E-state index in [9.17, 15) is 22.7 Å². The molecule has 0 bridgehead atoms. The van der Waals surface area contributed by atoms with Crippen molar-refractivity contribution < 1.29 is 32.1 Å². The number of H-pyrrole nitrogens is 1. The van der Waals surface area contributed by atoms with Gasteiger partial charge < -0.3 is 14.6 Å². The second-order valence-electron chi connectivity index (χ2n) is 7.29. The van der Waals surface area contributed by atoms with Gasteiger partial charge in [0.05, 0.1) is 17.1 Å². The predicted octanol–water partition coefficient (Wildman–Crippen LogP) is 5.62. The average Bonchev–Trinajstić information content (AvgIpc) is 3.33. The summed E-state index contributed by atoms with van der Waals surface area (Å²) in [7, 11) is 0. The first-order chi connectivity index (χ1) is 15.9. The van der Waals surface area contributed by atoms with Crippen molar-refractivity contribution in [3.63, 3.8) is 0 Å². The molecule has 33 heavy (non-hydrogen) atoms. The molecule has 0 aliphatic heterocycles. The van der Waals surface area contributed by atoms with E-state index in [-0.39, 0.29) is 5.75 Å². The van der Waals surface area contributed by atoms with Crippen molar-refractivity contribution >= 4 is 0 Å². The number of phenolic OH excluding ortho intramolecular Hbond substituents is 1. The third-order valence-electron chi connectivity index (χ3n) is 5.31. The molecule has 2 N–H and O–H groups in total. The number of aromatic hydroxyl groups is 1. The quantitative estimate of drug-likeness (QED) is 0.324. The summed E-state index contributed by atoms with van der Waals surface area (Å²) in [6, 6.07) is 12.8. The summed E-state index contributed by atoms with van der Waals surface area (Å²) in [6.45, 7) is -6.38. The zero-order valence-corrected chi connectivity index (χ0v) is 16.7. The summed E-state index contributed by atoms with van der Waals surface area (Å²) in [5, 5.41) is 16.7. The number of aromatic amines is 1. The van der Waals surface area contributed by atoms with Crippen molar-refractivity contribution in [3.8, 4) is 51.0 Å². The number of alkyl halides is 4. The summed E-state index contributed by atoms with van der Waals surface area (Å²) in [5.74, 6) is -0.775. The van der Waals surface area contributed by atoms with Crippen molar-refractivity contribution in [2.45, 2.75) is 19.6 Å². The SMILES string of the molecule is Oc1ccc(-c2ccc(-c3n[nH]c4c3Cc3cc(OC(F)F)c(OC(F)F)cc3-4)cn2)cc1. The molecule has 0 radical (unpaired) electrons. The molecule has 0 fully saturated rings. The van der Waals surface area contributed by atoms with Gasteiger partial charge >= 0.3 is 13.2 Å². The van der Waals surface area contributed by atoms with Gasteiger partial charge in [-0.1, -0.05) is 0 Å². The molecule has 10 heteroatoms. The lowest BCUT2D eigenvalue weighted by molar-refractivity contribution is -0.0692. The number of nitrogens with zero attached hydrogens (tertiary/aromatic N) is 2. The minimum absolute atomic E-state index is 0.159. The normalized spacial score (nSPS) is 12.2. The molecule has 0 saturated heterocycles. The van der Waals surface area contributed by atoms with Gasteiger partial charge in [-0.05, 0) is 54.1 Å². The molecule has 0 unspecified atom stereocenters. The van der Waals surface area contributed by atoms with Crippen LogP contribution in [0, 0.1) is 0 Å². The molecule has 0 amide bonds. The van der Waals surface area contributed by atoms with E-state index >= 15 is 0 Å². The molecular formula is C23H15F4N3O3. The summed E-state index contributed by atoms with van der Waals surface area (Å²) >= 11 is 0. The molecule has 0 spiro atoms. The molecule has 2 aromatic carbocycles. The maximum Gasteiger partial charge on any atom is 0.387 e. The fourth-order valence-corrected chi connectivity index (χ4v) is 3.88. The molecule has 5 rings (SSSR count). The highest BCUT2D eigenvalue weighted by molar-refractivity contribution is 5.82. The van der Waals surface area contributed by atoms with Crippen molar-refractivity contribution in [1.82, 2.24) is 15.2 Å². The van der Waals surface area contributed by atoms with Crippen molar-refractivity contribution in [2.75, 3.05) is 0 Å². The second-order valence-corrected chi connectivity index (χ2v) is 7.29. The third kappa shape index (κ3) is 3.95. The Morgan fingerprint density at radius 1 is 0.879 bits per heavy atom. The number of ether oxygens (including phenoxy) is 2. The van der Waals surface area contributed by atoms with Crippen LogP contribution in [0.2, 0.25) is 0 Å². The number of aromatic nitrogens is 3. The smallest absolute Gasteiger partial charge is 0.387 e. The molecule has 168 valence electrons. The number of fused-ring (bicyclic) bond motifs is 3. The van der Waals surface area contributed by atoms with Gasteiger partial charge in [-0.25, -0.2) is 0 Å². The van der Waals surface area contributed by atoms with Gasteiger partial charge in [-0.2, -0.15) is 22.7 Å². The standard InChI is InChI=1S/C23H15F4N3O3/c24-22(25)32-18-8-13-7-16-20(29-30-21(16)15(13)9-19(18)33-23(26)27)12-3-6-17(28-10-12)11-1-4-14(31)5-2-11/h1-6,8-10,22-23,31H,7H2,(H,29,30). The Labute approximate surface area is 184 Å². The van der Waals surface area contributed by atoms with Crippen LogP contribution in [-0.4, -0.2) is 33.5 Å². The predicted molar refractivity (Wildman–Crippen MR) is 110 cm³/mol. The van der Waals surface area contributed by atoms with Crippen LogP contribution in [0.5, 0.6) is 17.2 Å². The first kappa shape index (κ1) is 20.8. The van der Waals surface area contributed by atoms with Gasteiger partial charge in [0.25, 0.3) is 0 Å². The lowest BCUT2D eigenvalue weighted by Crippen LogP contribution is -2.08. The van der Waals surface area contributed by atoms with E-state index in [1.807, 2.05) is 12.1 Å². The Balaban J connectivity index is 1.48. The van der Waals surface area contributed by atoms with Gasteiger partial charge in [0.15, 0.2) is 11.5 Å². The van der Waals surface area contributed by atoms with Crippen LogP contribution < -0.4 is 9.47 Å². The number of benzene rings is 2. The minimum atomic E-state index is -3.19. The van der Waals surface area contributed by atoms with Crippen molar-refractivity contribution in [1.29, 1.82) is 0 Å². The van der Waals surface area contributed by atoms with Crippen LogP contribution in [-0.2, 0) is 6.42 Å². The second kappa shape index (κ2) is 8.12. The highest BCUT2D eigenvalue weighted by atomic mass is 19.3. The largest absolute Gasteiger partial charge is 0.508 e. The Morgan fingerprint density at radius 2 is 1.55 bits per heavy atom. The number of hydrogen-bond donors (Lipinski definition) is 2. The van der Waals surface area contributed by atoms with Gasteiger partial charge in [0, 0.05) is 34.9 Å². The first-order valence-electron chi connectivity index (χ1n) is 9.79. The van der Waals surface area contributed by atoms with Crippen LogP contribution in [0.1, 0.15) is 11.1 Å². The van der Waals surface area contributed by atoms with E-state index in [2.05, 4.69) is 24.7 Å². The van der Waals surface area contributed by atoms with Crippen LogP contribution in [0.15, 0.2) is 54.7 Å². The Morgan fingerprint density at radius 3 is 2.18 bits per heavy atom. The molecule has 6 nitrogen and oxygen atoms in total. The Kier molecular flexibility index (Phi) is 5.12. The first-order valence-corrected chi connectivity index (χ1v) is 9.79. The van der Waals surface area contributed by atoms with Crippen LogP contribution >= 0.6 is 0 Å². The molecule has 0 saturated carbocycles. The summed E-state index contributed by atoms with van der Waals surface area (Å²) < 4.78 is 59.8. The van der Waals surface area contributed by atoms with Crippen LogP contribution in [0.4, 0.5) is 17.6 Å². The monoisotopic (exact) mass is 457 g/mol. The van der Waals surface area contributed by atoms with Gasteiger partial charge in [-0.15, -0.1) is 0 Å². The van der Waals surface area contributed by atoms with E-state index in [1.54, 1.807) is 30.5 Å². The van der Waals surface area contributed by atoms with Crippen molar-refractivity contribution in [2.24, 2.45) is 0 Å². The molecule has 4 aromatic rings. The number of halogens is 4. The fourth-order valence-electron chi connectivity index (χ4n) is 3.88. The maximum atomic E-state index is 12.8. The van der Waals surface area contributed by atoms with E-state index in [4.69, 9.17) is 0 Å². The fraction of sp³-hybridized carbons (Fsp3) is 0.130. The average molecular weight is 457 g/mol. The molecule has 2 aromatic heterocycles. The Hall–Kier alpha value is -4.08. The van der Waals surface area contributed by atoms with E-state index < -0.39 is 24.7 Å². The summed E-state index contributed by atoms with van der Waals surface area (Å²) in [6.07, 6.45) is 1.99. The number of pyridine rings is 1. The number of phenols is 1. The zero-order valence-electron chi connectivity index (χ0n) is 16.7. The molecular weight excluding hydrogens is 442 g/mol. The third-order valence-corrected chi connectivity index (χ3v) is 5.31. The summed E-state index contributed by atoms with van der Waals surface area (Å²) in [4.78, 5) is 4.46. The minimum Gasteiger partial charge on any atom is -0.508 e. The van der Waals surface area contributed by atoms with E-state index in [0.717, 1.165) is 16.7 Å².